The lowest BCUT2D eigenvalue weighted by Crippen LogP contribution is -2.45. The van der Waals surface area contributed by atoms with Gasteiger partial charge in [-0.1, -0.05) is 30.1 Å². The fourth-order valence-corrected chi connectivity index (χ4v) is 4.59. The molecule has 0 radical (unpaired) electrons. The number of hydrogen-bond acceptors (Lipinski definition) is 3. The van der Waals surface area contributed by atoms with E-state index in [2.05, 4.69) is 17.1 Å². The molecule has 1 atom stereocenters. The number of unbranched alkanes of at least 4 members (excludes halogenated alkanes) is 1. The lowest BCUT2D eigenvalue weighted by molar-refractivity contribution is -0.126. The molecule has 1 N–H and O–H groups in total. The summed E-state index contributed by atoms with van der Waals surface area (Å²) in [6, 6.07) is 4.91. The van der Waals surface area contributed by atoms with Gasteiger partial charge in [-0.05, 0) is 82.3 Å². The van der Waals surface area contributed by atoms with Gasteiger partial charge < -0.3 is 15.1 Å². The van der Waals surface area contributed by atoms with Crippen molar-refractivity contribution < 1.29 is 9.59 Å². The molecule has 0 aromatic heterocycles. The number of carbonyl (C=O) groups is 2. The van der Waals surface area contributed by atoms with Gasteiger partial charge >= 0.3 is 0 Å². The zero-order valence-electron chi connectivity index (χ0n) is 17.8. The van der Waals surface area contributed by atoms with Crippen LogP contribution in [0.1, 0.15) is 55.8 Å². The Kier molecular flexibility index (Phi) is 8.84. The predicted octanol–water partition coefficient (Wildman–Crippen LogP) is 4.47. The second-order valence-corrected chi connectivity index (χ2v) is 9.56. The van der Waals surface area contributed by atoms with Gasteiger partial charge in [0.25, 0.3) is 5.91 Å². The molecule has 166 valence electrons. The van der Waals surface area contributed by atoms with E-state index in [1.165, 1.54) is 25.9 Å². The molecular weight excluding hydrogens is 421 g/mol. The van der Waals surface area contributed by atoms with Crippen molar-refractivity contribution in [3.05, 3.63) is 33.8 Å². The Morgan fingerprint density at radius 3 is 2.57 bits per heavy atom. The second-order valence-electron chi connectivity index (χ2n) is 8.74. The first-order valence-electron chi connectivity index (χ1n) is 11.2. The van der Waals surface area contributed by atoms with Gasteiger partial charge in [0, 0.05) is 25.2 Å². The largest absolute Gasteiger partial charge is 0.356 e. The van der Waals surface area contributed by atoms with E-state index in [9.17, 15) is 9.59 Å². The van der Waals surface area contributed by atoms with Crippen molar-refractivity contribution in [1.82, 2.24) is 15.1 Å². The highest BCUT2D eigenvalue weighted by Crippen LogP contribution is 2.25. The van der Waals surface area contributed by atoms with Gasteiger partial charge in [0.2, 0.25) is 5.91 Å². The van der Waals surface area contributed by atoms with Crippen LogP contribution in [-0.4, -0.2) is 60.9 Å². The van der Waals surface area contributed by atoms with Crippen LogP contribution in [0.4, 0.5) is 0 Å². The van der Waals surface area contributed by atoms with Gasteiger partial charge in [0.15, 0.2) is 0 Å². The first-order valence-corrected chi connectivity index (χ1v) is 11.9. The van der Waals surface area contributed by atoms with Crippen LogP contribution in [0.5, 0.6) is 0 Å². The Labute approximate surface area is 190 Å². The molecule has 0 bridgehead atoms. The molecule has 30 heavy (non-hydrogen) atoms. The molecule has 5 nitrogen and oxygen atoms in total. The molecule has 2 fully saturated rings. The molecule has 1 unspecified atom stereocenters. The number of hydrogen-bond donors (Lipinski definition) is 1. The summed E-state index contributed by atoms with van der Waals surface area (Å²) >= 11 is 12.0. The van der Waals surface area contributed by atoms with Crippen LogP contribution in [0.15, 0.2) is 18.2 Å². The molecule has 2 aliphatic rings. The molecule has 2 aliphatic heterocycles. The average Bonchev–Trinajstić information content (AvgIpc) is 2.76. The topological polar surface area (TPSA) is 52.7 Å². The van der Waals surface area contributed by atoms with E-state index in [1.54, 1.807) is 23.1 Å². The van der Waals surface area contributed by atoms with Gasteiger partial charge in [0.1, 0.15) is 0 Å². The van der Waals surface area contributed by atoms with E-state index in [0.29, 0.717) is 35.2 Å². The molecule has 0 spiro atoms. The van der Waals surface area contributed by atoms with Crippen LogP contribution < -0.4 is 5.32 Å². The number of carbonyl (C=O) groups excluding carboxylic acids is 2. The van der Waals surface area contributed by atoms with Crippen LogP contribution in [0, 0.1) is 11.8 Å². The standard InChI is InChI=1S/C23H33Cl2N3O2/c1-17-8-13-27(14-9-17)11-3-2-10-26-22(29)19-5-4-12-28(16-19)23(30)18-6-7-20(24)21(25)15-18/h6-7,15,17,19H,2-5,8-14,16H2,1H3,(H,26,29). The number of benzene rings is 1. The van der Waals surface area contributed by atoms with Crippen LogP contribution in [0.2, 0.25) is 10.0 Å². The molecule has 0 saturated carbocycles. The van der Waals surface area contributed by atoms with Crippen molar-refractivity contribution in [2.45, 2.75) is 45.4 Å². The fraction of sp³-hybridized carbons (Fsp3) is 0.652. The molecule has 1 aromatic rings. The lowest BCUT2D eigenvalue weighted by atomic mass is 9.96. The molecular formula is C23H33Cl2N3O2. The lowest BCUT2D eigenvalue weighted by Gasteiger charge is -2.32. The normalized spacial score (nSPS) is 20.9. The van der Waals surface area contributed by atoms with Gasteiger partial charge in [-0.15, -0.1) is 0 Å². The molecule has 7 heteroatoms. The molecule has 2 amide bonds. The number of nitrogens with one attached hydrogen (secondary N) is 1. The molecule has 2 saturated heterocycles. The number of piperidine rings is 2. The summed E-state index contributed by atoms with van der Waals surface area (Å²) in [5, 5.41) is 3.88. The molecule has 1 aromatic carbocycles. The van der Waals surface area contributed by atoms with E-state index in [4.69, 9.17) is 23.2 Å². The fourth-order valence-electron chi connectivity index (χ4n) is 4.29. The van der Waals surface area contributed by atoms with Crippen LogP contribution in [0.25, 0.3) is 0 Å². The van der Waals surface area contributed by atoms with E-state index in [-0.39, 0.29) is 17.7 Å². The maximum Gasteiger partial charge on any atom is 0.253 e. The summed E-state index contributed by atoms with van der Waals surface area (Å²) in [7, 11) is 0. The number of likely N-dealkylation sites (tertiary alicyclic amines) is 2. The van der Waals surface area contributed by atoms with Crippen LogP contribution >= 0.6 is 23.2 Å². The second kappa shape index (κ2) is 11.4. The van der Waals surface area contributed by atoms with Crippen molar-refractivity contribution in [3.8, 4) is 0 Å². The van der Waals surface area contributed by atoms with Crippen molar-refractivity contribution in [2.75, 3.05) is 39.3 Å². The molecule has 2 heterocycles. The zero-order valence-corrected chi connectivity index (χ0v) is 19.4. The minimum atomic E-state index is -0.144. The maximum absolute atomic E-state index is 12.8. The monoisotopic (exact) mass is 453 g/mol. The quantitative estimate of drug-likeness (QED) is 0.619. The third-order valence-corrected chi connectivity index (χ3v) is 7.06. The third kappa shape index (κ3) is 6.60. The minimum Gasteiger partial charge on any atom is -0.356 e. The zero-order chi connectivity index (χ0) is 21.5. The number of halogens is 2. The number of rotatable bonds is 7. The van der Waals surface area contributed by atoms with Gasteiger partial charge in [0.05, 0.1) is 16.0 Å². The summed E-state index contributed by atoms with van der Waals surface area (Å²) in [5.41, 5.74) is 0.512. The van der Waals surface area contributed by atoms with E-state index >= 15 is 0 Å². The van der Waals surface area contributed by atoms with Crippen molar-refractivity contribution in [2.24, 2.45) is 11.8 Å². The molecule has 0 aliphatic carbocycles. The summed E-state index contributed by atoms with van der Waals surface area (Å²) in [6.45, 7) is 7.69. The summed E-state index contributed by atoms with van der Waals surface area (Å²) in [4.78, 5) is 29.7. The van der Waals surface area contributed by atoms with E-state index < -0.39 is 0 Å². The molecule has 3 rings (SSSR count). The van der Waals surface area contributed by atoms with Gasteiger partial charge in [-0.3, -0.25) is 9.59 Å². The van der Waals surface area contributed by atoms with Crippen molar-refractivity contribution in [3.63, 3.8) is 0 Å². The number of nitrogens with zero attached hydrogens (tertiary/aromatic N) is 2. The van der Waals surface area contributed by atoms with Crippen LogP contribution in [-0.2, 0) is 4.79 Å². The average molecular weight is 454 g/mol. The van der Waals surface area contributed by atoms with E-state index in [1.807, 2.05) is 0 Å². The Morgan fingerprint density at radius 2 is 1.83 bits per heavy atom. The smallest absolute Gasteiger partial charge is 0.253 e. The first kappa shape index (κ1) is 23.4. The maximum atomic E-state index is 12.8. The van der Waals surface area contributed by atoms with E-state index in [0.717, 1.165) is 38.1 Å². The first-order chi connectivity index (χ1) is 14.4. The summed E-state index contributed by atoms with van der Waals surface area (Å²) in [5.74, 6) is 0.684. The Hall–Kier alpha value is -1.30. The van der Waals surface area contributed by atoms with Crippen molar-refractivity contribution in [1.29, 1.82) is 0 Å². The highest BCUT2D eigenvalue weighted by atomic mass is 35.5. The predicted molar refractivity (Wildman–Crippen MR) is 122 cm³/mol. The highest BCUT2D eigenvalue weighted by Gasteiger charge is 2.29. The number of amides is 2. The van der Waals surface area contributed by atoms with Gasteiger partial charge in [-0.2, -0.15) is 0 Å². The Morgan fingerprint density at radius 1 is 1.07 bits per heavy atom. The van der Waals surface area contributed by atoms with Crippen molar-refractivity contribution >= 4 is 35.0 Å². The summed E-state index contributed by atoms with van der Waals surface area (Å²) in [6.07, 6.45) is 6.37. The Bertz CT molecular complexity index is 735. The highest BCUT2D eigenvalue weighted by molar-refractivity contribution is 6.42. The minimum absolute atomic E-state index is 0.0634. The Balaban J connectivity index is 1.38. The van der Waals surface area contributed by atoms with Crippen LogP contribution in [0.3, 0.4) is 0 Å². The third-order valence-electron chi connectivity index (χ3n) is 6.32. The van der Waals surface area contributed by atoms with Gasteiger partial charge in [-0.25, -0.2) is 0 Å². The SMILES string of the molecule is CC1CCN(CCCCNC(=O)C2CCCN(C(=O)c3ccc(Cl)c(Cl)c3)C2)CC1. The summed E-state index contributed by atoms with van der Waals surface area (Å²) < 4.78 is 0.